The molecule has 0 fully saturated rings. The minimum Gasteiger partial charge on any atom is -0.349 e. The van der Waals surface area contributed by atoms with E-state index in [1.165, 1.54) is 17.8 Å². The second-order valence-corrected chi connectivity index (χ2v) is 8.12. The number of nitrogens with one attached hydrogen (secondary N) is 2. The highest BCUT2D eigenvalue weighted by molar-refractivity contribution is 8.00. The highest BCUT2D eigenvalue weighted by Gasteiger charge is 2.20. The highest BCUT2D eigenvalue weighted by atomic mass is 35.5. The number of hydrogen-bond acceptors (Lipinski definition) is 4. The molecule has 1 amide bonds. The smallest absolute Gasteiger partial charge is 0.251 e. The molecule has 8 heteroatoms. The van der Waals surface area contributed by atoms with E-state index >= 15 is 0 Å². The Bertz CT molecular complexity index is 841. The second kappa shape index (κ2) is 9.44. The first-order valence-corrected chi connectivity index (χ1v) is 9.96. The third kappa shape index (κ3) is 5.76. The van der Waals surface area contributed by atoms with Crippen molar-refractivity contribution < 1.29 is 4.79 Å². The van der Waals surface area contributed by atoms with Crippen LogP contribution in [0.5, 0.6) is 0 Å². The summed E-state index contributed by atoms with van der Waals surface area (Å²) >= 11 is 13.3. The molecule has 0 aliphatic carbocycles. The number of aryl methyl sites for hydroxylation is 1. The van der Waals surface area contributed by atoms with E-state index in [9.17, 15) is 9.59 Å². The van der Waals surface area contributed by atoms with Crippen molar-refractivity contribution in [1.82, 2.24) is 15.3 Å². The van der Waals surface area contributed by atoms with Crippen LogP contribution >= 0.6 is 35.0 Å². The van der Waals surface area contributed by atoms with E-state index in [1.807, 2.05) is 13.8 Å². The number of rotatable bonds is 7. The Balaban J connectivity index is 2.04. The van der Waals surface area contributed by atoms with E-state index in [-0.39, 0.29) is 17.5 Å². The zero-order valence-corrected chi connectivity index (χ0v) is 17.1. The lowest BCUT2D eigenvalue weighted by Crippen LogP contribution is -2.33. The summed E-state index contributed by atoms with van der Waals surface area (Å²) in [6, 6.07) is 6.39. The average molecular weight is 414 g/mol. The fourth-order valence-electron chi connectivity index (χ4n) is 2.41. The fraction of sp³-hybridized carbons (Fsp3) is 0.389. The molecule has 0 saturated carbocycles. The lowest BCUT2D eigenvalue weighted by Gasteiger charge is -2.18. The molecule has 0 spiro atoms. The number of carbonyl (C=O) groups is 1. The summed E-state index contributed by atoms with van der Waals surface area (Å²) in [4.78, 5) is 31.3. The van der Waals surface area contributed by atoms with Crippen LogP contribution in [-0.2, 0) is 11.2 Å². The van der Waals surface area contributed by atoms with Crippen LogP contribution in [0.3, 0.4) is 0 Å². The van der Waals surface area contributed by atoms with E-state index < -0.39 is 5.25 Å². The summed E-state index contributed by atoms with van der Waals surface area (Å²) in [5, 5.41) is 3.99. The number of nitrogens with zero attached hydrogens (tertiary/aromatic N) is 1. The Morgan fingerprint density at radius 3 is 2.69 bits per heavy atom. The number of carbonyl (C=O) groups excluding carboxylic acids is 1. The van der Waals surface area contributed by atoms with Gasteiger partial charge in [-0.15, -0.1) is 0 Å². The van der Waals surface area contributed by atoms with Crippen molar-refractivity contribution in [2.24, 2.45) is 0 Å². The van der Waals surface area contributed by atoms with E-state index in [0.29, 0.717) is 15.2 Å². The first-order valence-electron chi connectivity index (χ1n) is 8.32. The molecule has 1 aromatic heterocycles. The maximum Gasteiger partial charge on any atom is 0.251 e. The van der Waals surface area contributed by atoms with Crippen LogP contribution in [0.15, 0.2) is 34.2 Å². The first kappa shape index (κ1) is 20.8. The van der Waals surface area contributed by atoms with Crippen LogP contribution in [0.2, 0.25) is 10.0 Å². The van der Waals surface area contributed by atoms with Crippen LogP contribution in [0.4, 0.5) is 0 Å². The van der Waals surface area contributed by atoms with Crippen molar-refractivity contribution in [1.29, 1.82) is 0 Å². The topological polar surface area (TPSA) is 74.8 Å². The molecule has 5 nitrogen and oxygen atoms in total. The molecule has 2 atom stereocenters. The van der Waals surface area contributed by atoms with Crippen LogP contribution < -0.4 is 10.9 Å². The number of H-pyrrole nitrogens is 1. The van der Waals surface area contributed by atoms with Crippen molar-refractivity contribution in [3.8, 4) is 0 Å². The predicted octanol–water partition coefficient (Wildman–Crippen LogP) is 4.39. The van der Waals surface area contributed by atoms with Gasteiger partial charge in [0.15, 0.2) is 5.16 Å². The molecule has 0 aliphatic heterocycles. The largest absolute Gasteiger partial charge is 0.349 e. The average Bonchev–Trinajstić information content (AvgIpc) is 2.54. The zero-order valence-electron chi connectivity index (χ0n) is 14.8. The molecule has 2 N–H and O–H groups in total. The van der Waals surface area contributed by atoms with Crippen LogP contribution in [-0.4, -0.2) is 21.1 Å². The summed E-state index contributed by atoms with van der Waals surface area (Å²) in [6.07, 6.45) is 1.63. The minimum atomic E-state index is -0.427. The number of thioether (sulfide) groups is 1. The van der Waals surface area contributed by atoms with Crippen molar-refractivity contribution >= 4 is 40.9 Å². The van der Waals surface area contributed by atoms with Gasteiger partial charge in [0.1, 0.15) is 0 Å². The molecular formula is C18H21Cl2N3O2S. The summed E-state index contributed by atoms with van der Waals surface area (Å²) in [6.45, 7) is 5.64. The Kier molecular flexibility index (Phi) is 7.55. The molecule has 0 saturated heterocycles. The summed E-state index contributed by atoms with van der Waals surface area (Å²) < 4.78 is 0. The molecule has 2 aromatic rings. The number of halogens is 2. The van der Waals surface area contributed by atoms with Crippen LogP contribution in [0.1, 0.15) is 44.5 Å². The molecular weight excluding hydrogens is 393 g/mol. The van der Waals surface area contributed by atoms with Gasteiger partial charge in [0.05, 0.1) is 11.3 Å². The Labute approximate surface area is 166 Å². The number of hydrogen-bond donors (Lipinski definition) is 2. The molecule has 0 bridgehead atoms. The summed E-state index contributed by atoms with van der Waals surface area (Å²) in [7, 11) is 0. The summed E-state index contributed by atoms with van der Waals surface area (Å²) in [5.41, 5.74) is 1.31. The molecule has 1 heterocycles. The monoisotopic (exact) mass is 413 g/mol. The van der Waals surface area contributed by atoms with Gasteiger partial charge < -0.3 is 10.3 Å². The molecule has 1 aromatic carbocycles. The highest BCUT2D eigenvalue weighted by Crippen LogP contribution is 2.27. The maximum atomic E-state index is 12.5. The zero-order chi connectivity index (χ0) is 19.3. The molecule has 0 radical (unpaired) electrons. The van der Waals surface area contributed by atoms with Gasteiger partial charge in [0.25, 0.3) is 5.56 Å². The van der Waals surface area contributed by atoms with Crippen molar-refractivity contribution in [3.05, 3.63) is 55.9 Å². The minimum absolute atomic E-state index is 0.169. The molecule has 0 aliphatic rings. The standard InChI is InChI=1S/C18H21Cl2N3O2S/c1-4-5-13-9-16(24)23-18(22-13)26-11(3)17(25)21-10(2)14-7-6-12(19)8-15(14)20/h6-11H,4-5H2,1-3H3,(H,21,25)(H,22,23,24)/t10-,11-/m0/s1. The van der Waals surface area contributed by atoms with Gasteiger partial charge in [-0.3, -0.25) is 9.59 Å². The third-order valence-electron chi connectivity index (χ3n) is 3.72. The SMILES string of the molecule is CCCc1cc(=O)[nH]c(S[C@@H](C)C(=O)N[C@@H](C)c2ccc(Cl)cc2Cl)n1. The van der Waals surface area contributed by atoms with Crippen molar-refractivity contribution in [3.63, 3.8) is 0 Å². The number of aromatic amines is 1. The van der Waals surface area contributed by atoms with Crippen LogP contribution in [0.25, 0.3) is 0 Å². The van der Waals surface area contributed by atoms with Crippen molar-refractivity contribution in [2.75, 3.05) is 0 Å². The Morgan fingerprint density at radius 2 is 2.04 bits per heavy atom. The van der Waals surface area contributed by atoms with E-state index in [1.54, 1.807) is 25.1 Å². The Hall–Kier alpha value is -1.50. The van der Waals surface area contributed by atoms with E-state index in [4.69, 9.17) is 23.2 Å². The van der Waals surface area contributed by atoms with Gasteiger partial charge in [-0.2, -0.15) is 0 Å². The predicted molar refractivity (Wildman–Crippen MR) is 107 cm³/mol. The summed E-state index contributed by atoms with van der Waals surface area (Å²) in [5.74, 6) is -0.169. The maximum absolute atomic E-state index is 12.5. The number of amides is 1. The normalized spacial score (nSPS) is 13.3. The van der Waals surface area contributed by atoms with Crippen LogP contribution in [0, 0.1) is 0 Å². The van der Waals surface area contributed by atoms with Gasteiger partial charge in [-0.05, 0) is 38.0 Å². The first-order chi connectivity index (χ1) is 12.3. The van der Waals surface area contributed by atoms with Gasteiger partial charge in [0.2, 0.25) is 5.91 Å². The Morgan fingerprint density at radius 1 is 1.31 bits per heavy atom. The quantitative estimate of drug-likeness (QED) is 0.521. The van der Waals surface area contributed by atoms with Gasteiger partial charge >= 0.3 is 0 Å². The van der Waals surface area contributed by atoms with Gasteiger partial charge in [0, 0.05) is 21.8 Å². The molecule has 140 valence electrons. The van der Waals surface area contributed by atoms with E-state index in [2.05, 4.69) is 15.3 Å². The van der Waals surface area contributed by atoms with E-state index in [0.717, 1.165) is 24.1 Å². The number of aromatic nitrogens is 2. The van der Waals surface area contributed by atoms with Crippen molar-refractivity contribution in [2.45, 2.75) is 50.1 Å². The molecule has 0 unspecified atom stereocenters. The molecule has 26 heavy (non-hydrogen) atoms. The van der Waals surface area contributed by atoms with Gasteiger partial charge in [-0.25, -0.2) is 4.98 Å². The lowest BCUT2D eigenvalue weighted by molar-refractivity contribution is -0.120. The number of benzene rings is 1. The second-order valence-electron chi connectivity index (χ2n) is 5.95. The van der Waals surface area contributed by atoms with Gasteiger partial charge in [-0.1, -0.05) is 54.4 Å². The molecule has 2 rings (SSSR count). The fourth-order valence-corrected chi connectivity index (χ4v) is 3.82. The third-order valence-corrected chi connectivity index (χ3v) is 5.27. The lowest BCUT2D eigenvalue weighted by atomic mass is 10.1.